The molecular formula is C44H56N6O7. The largest absolute Gasteiger partial charge is 0.453 e. The van der Waals surface area contributed by atoms with Crippen molar-refractivity contribution in [2.75, 3.05) is 7.11 Å². The summed E-state index contributed by atoms with van der Waals surface area (Å²) in [4.78, 5) is 61.8. The van der Waals surface area contributed by atoms with Crippen LogP contribution in [0.5, 0.6) is 0 Å². The van der Waals surface area contributed by atoms with E-state index in [1.54, 1.807) is 30.7 Å². The highest BCUT2D eigenvalue weighted by Crippen LogP contribution is 2.24. The first-order valence-corrected chi connectivity index (χ1v) is 19.0. The zero-order chi connectivity index (χ0) is 41.6. The number of benzene rings is 2. The summed E-state index contributed by atoms with van der Waals surface area (Å²) in [7, 11) is 1.23. The van der Waals surface area contributed by atoms with Crippen molar-refractivity contribution in [3.05, 3.63) is 120 Å². The third kappa shape index (κ3) is 14.0. The van der Waals surface area contributed by atoms with E-state index < -0.39 is 65.1 Å². The molecule has 4 aromatic rings. The number of aliphatic hydroxyl groups is 1. The van der Waals surface area contributed by atoms with Crippen molar-refractivity contribution in [1.82, 2.24) is 31.2 Å². The number of rotatable bonds is 16. The molecule has 13 nitrogen and oxygen atoms in total. The molecule has 4 amide bonds. The molecule has 0 saturated carbocycles. The number of nitrogens with one attached hydrogen (secondary N) is 4. The van der Waals surface area contributed by atoms with Gasteiger partial charge in [0.25, 0.3) is 0 Å². The summed E-state index contributed by atoms with van der Waals surface area (Å²) < 4.78 is 10.2. The summed E-state index contributed by atoms with van der Waals surface area (Å²) in [5.74, 6) is -0.970. The van der Waals surface area contributed by atoms with E-state index >= 15 is 0 Å². The Hall–Kier alpha value is -5.82. The van der Waals surface area contributed by atoms with Crippen molar-refractivity contribution in [2.24, 2.45) is 10.8 Å². The first-order valence-electron chi connectivity index (χ1n) is 19.0. The second kappa shape index (κ2) is 20.4. The van der Waals surface area contributed by atoms with Gasteiger partial charge in [0.15, 0.2) is 0 Å². The third-order valence-corrected chi connectivity index (χ3v) is 9.42. The summed E-state index contributed by atoms with van der Waals surface area (Å²) in [5.41, 5.74) is 2.73. The molecule has 0 unspecified atom stereocenters. The normalized spacial score (nSPS) is 14.2. The Bertz CT molecular complexity index is 1880. The van der Waals surface area contributed by atoms with Crippen LogP contribution in [0.2, 0.25) is 0 Å². The fourth-order valence-corrected chi connectivity index (χ4v) is 6.30. The van der Waals surface area contributed by atoms with E-state index in [4.69, 9.17) is 9.47 Å². The van der Waals surface area contributed by atoms with Crippen LogP contribution in [-0.4, -0.2) is 76.5 Å². The molecule has 0 aliphatic carbocycles. The van der Waals surface area contributed by atoms with Gasteiger partial charge in [-0.3, -0.25) is 19.6 Å². The number of nitrogens with zero attached hydrogens (tertiary/aromatic N) is 2. The molecule has 5 atom stereocenters. The second-order valence-corrected chi connectivity index (χ2v) is 16.2. The molecule has 0 spiro atoms. The Morgan fingerprint density at radius 3 is 1.84 bits per heavy atom. The second-order valence-electron chi connectivity index (χ2n) is 16.2. The van der Waals surface area contributed by atoms with Crippen molar-refractivity contribution in [3.63, 3.8) is 0 Å². The highest BCUT2D eigenvalue weighted by molar-refractivity contribution is 5.87. The summed E-state index contributed by atoms with van der Waals surface area (Å²) in [6.45, 7) is 10.9. The molecule has 0 fully saturated rings. The molecule has 0 bridgehead atoms. The molecule has 2 heterocycles. The SMILES string of the molecule is COC(=O)N[C@H](C(=O)N[C@@H](Cc1ccc(-c2ccccn2)cc1)C[C@H](O)[C@H](Cc1ccccc1)NC(=O)[C@@H](NC(=O)OCc1cccnc1)C(C)(C)C)C(C)(C)C. The van der Waals surface area contributed by atoms with Crippen molar-refractivity contribution < 1.29 is 33.8 Å². The Balaban J connectivity index is 1.60. The number of aliphatic hydroxyl groups excluding tert-OH is 1. The molecule has 0 radical (unpaired) electrons. The Morgan fingerprint density at radius 1 is 0.667 bits per heavy atom. The number of methoxy groups -OCH3 is 1. The number of carbonyl (C=O) groups excluding carboxylic acids is 4. The maximum absolute atomic E-state index is 14.1. The summed E-state index contributed by atoms with van der Waals surface area (Å²) in [6.07, 6.45) is 2.83. The van der Waals surface area contributed by atoms with Crippen LogP contribution in [0, 0.1) is 10.8 Å². The van der Waals surface area contributed by atoms with Gasteiger partial charge >= 0.3 is 12.2 Å². The lowest BCUT2D eigenvalue weighted by molar-refractivity contribution is -0.128. The molecule has 0 saturated heterocycles. The van der Waals surface area contributed by atoms with Gasteiger partial charge in [0.1, 0.15) is 18.7 Å². The molecule has 2 aromatic carbocycles. The van der Waals surface area contributed by atoms with Crippen LogP contribution in [0.3, 0.4) is 0 Å². The summed E-state index contributed by atoms with van der Waals surface area (Å²) >= 11 is 0. The zero-order valence-corrected chi connectivity index (χ0v) is 33.8. The van der Waals surface area contributed by atoms with Gasteiger partial charge in [-0.05, 0) is 59.4 Å². The standard InChI is InChI=1S/C44H56N6O7/c1-43(2,3)37(49-41(54)56-7)39(52)47-33(24-30-18-20-32(21-19-30)34-17-11-12-23-46-34)26-36(51)35(25-29-14-9-8-10-15-29)48-40(53)38(44(4,5)6)50-42(55)57-28-31-16-13-22-45-27-31/h8-23,27,33,35-38,51H,24-26,28H2,1-7H3,(H,47,52)(H,48,53)(H,49,54)(H,50,55)/t33-,35-,36-,37+,38+/m0/s1. The van der Waals surface area contributed by atoms with Gasteiger partial charge in [0.05, 0.1) is 24.9 Å². The van der Waals surface area contributed by atoms with Crippen LogP contribution in [0.15, 0.2) is 104 Å². The van der Waals surface area contributed by atoms with E-state index in [1.807, 2.05) is 114 Å². The van der Waals surface area contributed by atoms with Crippen molar-refractivity contribution in [2.45, 2.75) is 97.7 Å². The van der Waals surface area contributed by atoms with Crippen LogP contribution in [-0.2, 0) is 38.5 Å². The van der Waals surface area contributed by atoms with E-state index in [2.05, 4.69) is 31.2 Å². The van der Waals surface area contributed by atoms with E-state index in [0.29, 0.717) is 12.0 Å². The molecule has 57 heavy (non-hydrogen) atoms. The summed E-state index contributed by atoms with van der Waals surface area (Å²) in [6, 6.07) is 22.9. The fourth-order valence-electron chi connectivity index (χ4n) is 6.30. The Morgan fingerprint density at radius 2 is 1.26 bits per heavy atom. The maximum atomic E-state index is 14.1. The average molecular weight is 781 g/mol. The number of carbonyl (C=O) groups is 4. The molecule has 5 N–H and O–H groups in total. The molecular weight excluding hydrogens is 725 g/mol. The lowest BCUT2D eigenvalue weighted by atomic mass is 9.85. The van der Waals surface area contributed by atoms with Gasteiger partial charge in [-0.2, -0.15) is 0 Å². The number of pyridine rings is 2. The van der Waals surface area contributed by atoms with Crippen molar-refractivity contribution >= 4 is 24.0 Å². The van der Waals surface area contributed by atoms with Gasteiger partial charge < -0.3 is 35.8 Å². The lowest BCUT2D eigenvalue weighted by Gasteiger charge is -2.34. The van der Waals surface area contributed by atoms with Crippen LogP contribution >= 0.6 is 0 Å². The Labute approximate surface area is 335 Å². The average Bonchev–Trinajstić information content (AvgIpc) is 3.18. The highest BCUT2D eigenvalue weighted by atomic mass is 16.5. The number of amides is 4. The number of hydrogen-bond donors (Lipinski definition) is 5. The van der Waals surface area contributed by atoms with Gasteiger partial charge in [-0.15, -0.1) is 0 Å². The Kier molecular flexibility index (Phi) is 15.7. The van der Waals surface area contributed by atoms with Crippen molar-refractivity contribution in [1.29, 1.82) is 0 Å². The van der Waals surface area contributed by atoms with Crippen molar-refractivity contribution in [3.8, 4) is 11.3 Å². The number of hydrogen-bond acceptors (Lipinski definition) is 9. The van der Waals surface area contributed by atoms with Crippen LogP contribution in [0.4, 0.5) is 9.59 Å². The number of alkyl carbamates (subject to hydrolysis) is 2. The first-order chi connectivity index (χ1) is 27.0. The van der Waals surface area contributed by atoms with Crippen LogP contribution in [0.1, 0.15) is 64.7 Å². The molecule has 0 aliphatic rings. The predicted octanol–water partition coefficient (Wildman–Crippen LogP) is 5.76. The molecule has 4 rings (SSSR count). The monoisotopic (exact) mass is 780 g/mol. The van der Waals surface area contributed by atoms with Crippen LogP contribution < -0.4 is 21.3 Å². The third-order valence-electron chi connectivity index (χ3n) is 9.42. The van der Waals surface area contributed by atoms with E-state index in [1.165, 1.54) is 7.11 Å². The predicted molar refractivity (Wildman–Crippen MR) is 218 cm³/mol. The maximum Gasteiger partial charge on any atom is 0.408 e. The summed E-state index contributed by atoms with van der Waals surface area (Å²) in [5, 5.41) is 23.5. The van der Waals surface area contributed by atoms with E-state index in [9.17, 15) is 24.3 Å². The first kappa shape index (κ1) is 43.9. The van der Waals surface area contributed by atoms with Crippen LogP contribution in [0.25, 0.3) is 11.3 Å². The quantitative estimate of drug-likeness (QED) is 0.0945. The molecule has 2 aromatic heterocycles. The fraction of sp³-hybridized carbons (Fsp3) is 0.409. The highest BCUT2D eigenvalue weighted by Gasteiger charge is 2.37. The lowest BCUT2D eigenvalue weighted by Crippen LogP contribution is -2.59. The zero-order valence-electron chi connectivity index (χ0n) is 33.8. The molecule has 13 heteroatoms. The van der Waals surface area contributed by atoms with Gasteiger partial charge in [0.2, 0.25) is 11.8 Å². The smallest absolute Gasteiger partial charge is 0.408 e. The minimum absolute atomic E-state index is 0.0291. The van der Waals surface area contributed by atoms with Gasteiger partial charge in [-0.1, -0.05) is 108 Å². The van der Waals surface area contributed by atoms with Gasteiger partial charge in [0, 0.05) is 35.8 Å². The minimum atomic E-state index is -1.17. The number of aromatic nitrogens is 2. The van der Waals surface area contributed by atoms with Gasteiger partial charge in [-0.25, -0.2) is 9.59 Å². The number of ether oxygens (including phenoxy) is 2. The minimum Gasteiger partial charge on any atom is -0.453 e. The van der Waals surface area contributed by atoms with E-state index in [0.717, 1.165) is 22.4 Å². The topological polar surface area (TPSA) is 181 Å². The molecule has 0 aliphatic heterocycles. The molecule has 304 valence electrons. The van der Waals surface area contributed by atoms with E-state index in [-0.39, 0.29) is 19.4 Å².